The Labute approximate surface area is 94.1 Å². The second-order valence-corrected chi connectivity index (χ2v) is 3.97. The first-order valence-electron chi connectivity index (χ1n) is 4.84. The number of amides is 1. The van der Waals surface area contributed by atoms with Crippen LogP contribution in [0.3, 0.4) is 0 Å². The fourth-order valence-electron chi connectivity index (χ4n) is 1.57. The Hall–Kier alpha value is -1.42. The quantitative estimate of drug-likeness (QED) is 0.762. The van der Waals surface area contributed by atoms with Gasteiger partial charge < -0.3 is 5.32 Å². The summed E-state index contributed by atoms with van der Waals surface area (Å²) in [5.74, 6) is 0.0452. The molecule has 4 heteroatoms. The number of rotatable bonds is 2. The highest BCUT2D eigenvalue weighted by Crippen LogP contribution is 2.11. The van der Waals surface area contributed by atoms with Crippen molar-refractivity contribution in [1.29, 1.82) is 0 Å². The highest BCUT2D eigenvalue weighted by Gasteiger charge is 2.31. The lowest BCUT2D eigenvalue weighted by atomic mass is 10.2. The molecule has 1 aliphatic heterocycles. The third-order valence-corrected chi connectivity index (χ3v) is 2.74. The standard InChI is InChI=1S/C11H12N2OS/c1-8-10(14)13(11(15)12-8)7-9-5-3-2-4-6-9/h2-6,8H,7H2,1H3,(H,12,15)/t8-/m1/s1. The zero-order valence-electron chi connectivity index (χ0n) is 8.43. The number of carbonyl (C=O) groups is 1. The lowest BCUT2D eigenvalue weighted by Gasteiger charge is -2.14. The van der Waals surface area contributed by atoms with Crippen LogP contribution in [0.2, 0.25) is 0 Å². The maximum atomic E-state index is 11.7. The van der Waals surface area contributed by atoms with Crippen molar-refractivity contribution in [2.75, 3.05) is 0 Å². The zero-order valence-corrected chi connectivity index (χ0v) is 9.25. The molecule has 0 aliphatic carbocycles. The molecule has 1 N–H and O–H groups in total. The first-order chi connectivity index (χ1) is 7.18. The molecule has 0 spiro atoms. The van der Waals surface area contributed by atoms with Crippen LogP contribution in [0.1, 0.15) is 12.5 Å². The molecule has 0 radical (unpaired) electrons. The molecule has 1 heterocycles. The molecule has 1 atom stereocenters. The number of nitrogens with zero attached hydrogens (tertiary/aromatic N) is 1. The average molecular weight is 220 g/mol. The highest BCUT2D eigenvalue weighted by atomic mass is 32.1. The van der Waals surface area contributed by atoms with Crippen molar-refractivity contribution in [3.63, 3.8) is 0 Å². The highest BCUT2D eigenvalue weighted by molar-refractivity contribution is 7.80. The molecule has 2 rings (SSSR count). The Kier molecular flexibility index (Phi) is 2.68. The molecule has 1 aromatic rings. The molecule has 15 heavy (non-hydrogen) atoms. The van der Waals surface area contributed by atoms with E-state index in [1.807, 2.05) is 37.3 Å². The van der Waals surface area contributed by atoms with E-state index in [-0.39, 0.29) is 11.9 Å². The summed E-state index contributed by atoms with van der Waals surface area (Å²) >= 11 is 5.09. The summed E-state index contributed by atoms with van der Waals surface area (Å²) in [6, 6.07) is 9.64. The summed E-state index contributed by atoms with van der Waals surface area (Å²) in [6.07, 6.45) is 0. The summed E-state index contributed by atoms with van der Waals surface area (Å²) in [5, 5.41) is 3.47. The topological polar surface area (TPSA) is 32.3 Å². The van der Waals surface area contributed by atoms with Gasteiger partial charge in [0.1, 0.15) is 6.04 Å². The lowest BCUT2D eigenvalue weighted by molar-refractivity contribution is -0.127. The van der Waals surface area contributed by atoms with Gasteiger partial charge in [0, 0.05) is 0 Å². The van der Waals surface area contributed by atoms with Crippen molar-refractivity contribution < 1.29 is 4.79 Å². The van der Waals surface area contributed by atoms with E-state index in [0.29, 0.717) is 11.7 Å². The number of thiocarbonyl (C=S) groups is 1. The maximum absolute atomic E-state index is 11.7. The van der Waals surface area contributed by atoms with E-state index in [0.717, 1.165) is 5.56 Å². The molecule has 0 saturated carbocycles. The fraction of sp³-hybridized carbons (Fsp3) is 0.273. The number of hydrogen-bond acceptors (Lipinski definition) is 2. The van der Waals surface area contributed by atoms with Gasteiger partial charge in [-0.2, -0.15) is 0 Å². The Bertz CT molecular complexity index is 391. The van der Waals surface area contributed by atoms with Crippen molar-refractivity contribution in [2.24, 2.45) is 0 Å². The summed E-state index contributed by atoms with van der Waals surface area (Å²) < 4.78 is 0. The minimum Gasteiger partial charge on any atom is -0.351 e. The smallest absolute Gasteiger partial charge is 0.251 e. The van der Waals surface area contributed by atoms with Crippen LogP contribution in [-0.4, -0.2) is 22.0 Å². The van der Waals surface area contributed by atoms with Gasteiger partial charge in [-0.25, -0.2) is 0 Å². The molecule has 1 saturated heterocycles. The van der Waals surface area contributed by atoms with E-state index in [1.54, 1.807) is 4.90 Å². The van der Waals surface area contributed by atoms with E-state index in [9.17, 15) is 4.79 Å². The van der Waals surface area contributed by atoms with Gasteiger partial charge in [-0.05, 0) is 24.7 Å². The maximum Gasteiger partial charge on any atom is 0.251 e. The molecule has 0 aromatic heterocycles. The van der Waals surface area contributed by atoms with Gasteiger partial charge in [0.05, 0.1) is 6.54 Å². The Balaban J connectivity index is 2.13. The minimum atomic E-state index is -0.193. The fourth-order valence-corrected chi connectivity index (χ4v) is 1.91. The molecule has 0 unspecified atom stereocenters. The second-order valence-electron chi connectivity index (χ2n) is 3.58. The normalized spacial score (nSPS) is 20.6. The molecule has 1 fully saturated rings. The predicted octanol–water partition coefficient (Wildman–Crippen LogP) is 1.29. The number of benzene rings is 1. The first kappa shape index (κ1) is 10.1. The molecule has 1 aliphatic rings. The van der Waals surface area contributed by atoms with Crippen LogP contribution < -0.4 is 5.32 Å². The van der Waals surface area contributed by atoms with Gasteiger partial charge in [-0.1, -0.05) is 30.3 Å². The van der Waals surface area contributed by atoms with Crippen molar-refractivity contribution in [3.8, 4) is 0 Å². The van der Waals surface area contributed by atoms with Crippen LogP contribution in [-0.2, 0) is 11.3 Å². The van der Waals surface area contributed by atoms with Gasteiger partial charge in [0.15, 0.2) is 5.11 Å². The Morgan fingerprint density at radius 3 is 2.60 bits per heavy atom. The van der Waals surface area contributed by atoms with Gasteiger partial charge in [-0.3, -0.25) is 9.69 Å². The van der Waals surface area contributed by atoms with Gasteiger partial charge in [-0.15, -0.1) is 0 Å². The van der Waals surface area contributed by atoms with Crippen molar-refractivity contribution in [3.05, 3.63) is 35.9 Å². The average Bonchev–Trinajstić information content (AvgIpc) is 2.47. The molecular weight excluding hydrogens is 208 g/mol. The lowest BCUT2D eigenvalue weighted by Crippen LogP contribution is -2.30. The van der Waals surface area contributed by atoms with Crippen LogP contribution in [0.4, 0.5) is 0 Å². The third-order valence-electron chi connectivity index (χ3n) is 2.41. The van der Waals surface area contributed by atoms with Crippen LogP contribution in [0.15, 0.2) is 30.3 Å². The summed E-state index contributed by atoms with van der Waals surface area (Å²) in [5.41, 5.74) is 1.09. The molecular formula is C11H12N2OS. The largest absolute Gasteiger partial charge is 0.351 e. The van der Waals surface area contributed by atoms with E-state index in [1.165, 1.54) is 0 Å². The second kappa shape index (κ2) is 3.98. The van der Waals surface area contributed by atoms with Crippen LogP contribution in [0.25, 0.3) is 0 Å². The molecule has 3 nitrogen and oxygen atoms in total. The van der Waals surface area contributed by atoms with E-state index in [4.69, 9.17) is 12.2 Å². The number of carbonyl (C=O) groups excluding carboxylic acids is 1. The van der Waals surface area contributed by atoms with Crippen LogP contribution in [0, 0.1) is 0 Å². The van der Waals surface area contributed by atoms with Gasteiger partial charge >= 0.3 is 0 Å². The molecule has 0 bridgehead atoms. The Morgan fingerprint density at radius 2 is 2.07 bits per heavy atom. The zero-order chi connectivity index (χ0) is 10.8. The predicted molar refractivity (Wildman–Crippen MR) is 62.2 cm³/mol. The van der Waals surface area contributed by atoms with Crippen LogP contribution in [0.5, 0.6) is 0 Å². The third kappa shape index (κ3) is 1.99. The minimum absolute atomic E-state index is 0.0452. The monoisotopic (exact) mass is 220 g/mol. The Morgan fingerprint density at radius 1 is 1.40 bits per heavy atom. The first-order valence-corrected chi connectivity index (χ1v) is 5.25. The van der Waals surface area contributed by atoms with E-state index >= 15 is 0 Å². The van der Waals surface area contributed by atoms with Gasteiger partial charge in [0.2, 0.25) is 0 Å². The summed E-state index contributed by atoms with van der Waals surface area (Å²) in [4.78, 5) is 13.3. The van der Waals surface area contributed by atoms with Crippen molar-refractivity contribution in [2.45, 2.75) is 19.5 Å². The van der Waals surface area contributed by atoms with Gasteiger partial charge in [0.25, 0.3) is 5.91 Å². The van der Waals surface area contributed by atoms with Crippen LogP contribution >= 0.6 is 12.2 Å². The van der Waals surface area contributed by atoms with Crippen molar-refractivity contribution >= 4 is 23.2 Å². The summed E-state index contributed by atoms with van der Waals surface area (Å²) in [7, 11) is 0. The number of hydrogen-bond donors (Lipinski definition) is 1. The van der Waals surface area contributed by atoms with Crippen molar-refractivity contribution in [1.82, 2.24) is 10.2 Å². The SMILES string of the molecule is C[C@H]1NC(=S)N(Cc2ccccc2)C1=O. The number of nitrogens with one attached hydrogen (secondary N) is 1. The molecule has 78 valence electrons. The van der Waals surface area contributed by atoms with E-state index < -0.39 is 0 Å². The molecule has 1 aromatic carbocycles. The summed E-state index contributed by atoms with van der Waals surface area (Å²) in [6.45, 7) is 2.37. The van der Waals surface area contributed by atoms with E-state index in [2.05, 4.69) is 5.32 Å². The molecule has 1 amide bonds.